The van der Waals surface area contributed by atoms with Crippen LogP contribution in [0, 0.1) is 0 Å². The van der Waals surface area contributed by atoms with Gasteiger partial charge in [0, 0.05) is 31.2 Å². The molecule has 2 amide bonds. The third-order valence-corrected chi connectivity index (χ3v) is 5.04. The summed E-state index contributed by atoms with van der Waals surface area (Å²) in [5.41, 5.74) is 1.23. The molecule has 7 nitrogen and oxygen atoms in total. The van der Waals surface area contributed by atoms with Crippen molar-refractivity contribution in [1.29, 1.82) is 0 Å². The summed E-state index contributed by atoms with van der Waals surface area (Å²) in [5, 5.41) is 12.3. The summed E-state index contributed by atoms with van der Waals surface area (Å²) in [6, 6.07) is 12.2. The number of halogens is 2. The summed E-state index contributed by atoms with van der Waals surface area (Å²) in [4.78, 5) is 16.3. The fraction of sp³-hybridized carbons (Fsp3) is 0.211. The molecule has 1 aliphatic heterocycles. The number of aromatic nitrogens is 2. The molecule has 0 radical (unpaired) electrons. The number of carbonyl (C=O) groups is 1. The van der Waals surface area contributed by atoms with Crippen LogP contribution in [0.2, 0.25) is 10.0 Å². The second-order valence-corrected chi connectivity index (χ2v) is 7.13. The Morgan fingerprint density at radius 3 is 2.50 bits per heavy atom. The van der Waals surface area contributed by atoms with E-state index in [0.29, 0.717) is 53.4 Å². The highest BCUT2D eigenvalue weighted by molar-refractivity contribution is 6.36. The van der Waals surface area contributed by atoms with E-state index >= 15 is 0 Å². The lowest BCUT2D eigenvalue weighted by Gasteiger charge is -2.35. The van der Waals surface area contributed by atoms with Crippen molar-refractivity contribution in [3.63, 3.8) is 0 Å². The highest BCUT2D eigenvalue weighted by Gasteiger charge is 2.22. The number of anilines is 2. The zero-order valence-electron chi connectivity index (χ0n) is 14.8. The van der Waals surface area contributed by atoms with Crippen LogP contribution in [-0.2, 0) is 0 Å². The van der Waals surface area contributed by atoms with E-state index in [1.165, 1.54) is 0 Å². The topological polar surface area (TPSA) is 74.5 Å². The van der Waals surface area contributed by atoms with Crippen LogP contribution in [0.25, 0.3) is 11.5 Å². The van der Waals surface area contributed by atoms with Crippen molar-refractivity contribution in [3.05, 3.63) is 58.8 Å². The van der Waals surface area contributed by atoms with Crippen LogP contribution in [0.5, 0.6) is 0 Å². The average molecular weight is 418 g/mol. The number of amides is 2. The van der Waals surface area contributed by atoms with E-state index in [1.54, 1.807) is 29.4 Å². The minimum Gasteiger partial charge on any atom is -0.463 e. The molecule has 0 saturated carbocycles. The van der Waals surface area contributed by atoms with Gasteiger partial charge in [-0.3, -0.25) is 0 Å². The standard InChI is InChI=1S/C19H17Cl2N5O2/c20-13-3-4-15(14(21)12-13)22-19(27)26-9-7-25(8-10-26)18-6-5-16(23-24-18)17-2-1-11-28-17/h1-6,11-12H,7-10H2,(H,22,27). The number of furan rings is 1. The molecule has 0 bridgehead atoms. The van der Waals surface area contributed by atoms with Crippen LogP contribution in [0.1, 0.15) is 0 Å². The van der Waals surface area contributed by atoms with E-state index in [2.05, 4.69) is 20.4 Å². The molecule has 1 aliphatic rings. The Bertz CT molecular complexity index is 955. The number of rotatable bonds is 3. The SMILES string of the molecule is O=C(Nc1ccc(Cl)cc1Cl)N1CCN(c2ccc(-c3ccco3)nn2)CC1. The molecule has 2 aromatic heterocycles. The predicted octanol–water partition coefficient (Wildman–Crippen LogP) is 4.40. The van der Waals surface area contributed by atoms with Gasteiger partial charge in [0.25, 0.3) is 0 Å². The van der Waals surface area contributed by atoms with Crippen molar-refractivity contribution in [1.82, 2.24) is 15.1 Å². The van der Waals surface area contributed by atoms with Crippen LogP contribution in [0.15, 0.2) is 53.1 Å². The summed E-state index contributed by atoms with van der Waals surface area (Å²) >= 11 is 12.0. The Balaban J connectivity index is 1.34. The molecule has 1 saturated heterocycles. The van der Waals surface area contributed by atoms with Gasteiger partial charge in [-0.1, -0.05) is 23.2 Å². The number of nitrogens with zero attached hydrogens (tertiary/aromatic N) is 4. The second-order valence-electron chi connectivity index (χ2n) is 6.28. The summed E-state index contributed by atoms with van der Waals surface area (Å²) in [6.07, 6.45) is 1.60. The zero-order chi connectivity index (χ0) is 19.5. The Kier molecular flexibility index (Phi) is 5.36. The molecular formula is C19H17Cl2N5O2. The smallest absolute Gasteiger partial charge is 0.322 e. The van der Waals surface area contributed by atoms with E-state index in [4.69, 9.17) is 27.6 Å². The van der Waals surface area contributed by atoms with E-state index < -0.39 is 0 Å². The minimum atomic E-state index is -0.192. The Hall–Kier alpha value is -2.77. The Morgan fingerprint density at radius 1 is 1.04 bits per heavy atom. The van der Waals surface area contributed by atoms with Crippen molar-refractivity contribution in [3.8, 4) is 11.5 Å². The van der Waals surface area contributed by atoms with Crippen molar-refractivity contribution in [2.24, 2.45) is 0 Å². The molecule has 0 atom stereocenters. The van der Waals surface area contributed by atoms with Gasteiger partial charge in [0.05, 0.1) is 17.0 Å². The predicted molar refractivity (Wildman–Crippen MR) is 109 cm³/mol. The molecule has 3 heterocycles. The molecule has 28 heavy (non-hydrogen) atoms. The van der Waals surface area contributed by atoms with Gasteiger partial charge in [-0.25, -0.2) is 4.79 Å². The third-order valence-electron chi connectivity index (χ3n) is 4.49. The van der Waals surface area contributed by atoms with Gasteiger partial charge in [-0.05, 0) is 42.5 Å². The van der Waals surface area contributed by atoms with Gasteiger partial charge < -0.3 is 19.5 Å². The molecule has 9 heteroatoms. The van der Waals surface area contributed by atoms with Crippen molar-refractivity contribution in [2.45, 2.75) is 0 Å². The molecule has 4 rings (SSSR count). The van der Waals surface area contributed by atoms with E-state index in [1.807, 2.05) is 24.3 Å². The van der Waals surface area contributed by atoms with Crippen molar-refractivity contribution in [2.75, 3.05) is 36.4 Å². The van der Waals surface area contributed by atoms with Gasteiger partial charge in [0.1, 0.15) is 5.69 Å². The maximum atomic E-state index is 12.5. The molecule has 0 unspecified atom stereocenters. The molecule has 1 fully saturated rings. The monoisotopic (exact) mass is 417 g/mol. The summed E-state index contributed by atoms with van der Waals surface area (Å²) in [6.45, 7) is 2.46. The summed E-state index contributed by atoms with van der Waals surface area (Å²) in [7, 11) is 0. The Labute approximate surface area is 171 Å². The first kappa shape index (κ1) is 18.6. The highest BCUT2D eigenvalue weighted by atomic mass is 35.5. The number of benzene rings is 1. The number of carbonyl (C=O) groups excluding carboxylic acids is 1. The molecule has 1 aromatic carbocycles. The lowest BCUT2D eigenvalue weighted by molar-refractivity contribution is 0.208. The molecular weight excluding hydrogens is 401 g/mol. The quantitative estimate of drug-likeness (QED) is 0.683. The Morgan fingerprint density at radius 2 is 1.86 bits per heavy atom. The van der Waals surface area contributed by atoms with Crippen molar-refractivity contribution >= 4 is 40.7 Å². The van der Waals surface area contributed by atoms with Crippen LogP contribution < -0.4 is 10.2 Å². The van der Waals surface area contributed by atoms with E-state index in [-0.39, 0.29) is 6.03 Å². The first-order valence-electron chi connectivity index (χ1n) is 8.74. The fourth-order valence-electron chi connectivity index (χ4n) is 2.97. The summed E-state index contributed by atoms with van der Waals surface area (Å²) < 4.78 is 5.33. The molecule has 3 aromatic rings. The van der Waals surface area contributed by atoms with Crippen LogP contribution in [0.4, 0.5) is 16.3 Å². The van der Waals surface area contributed by atoms with Crippen molar-refractivity contribution < 1.29 is 9.21 Å². The van der Waals surface area contributed by atoms with Crippen LogP contribution in [-0.4, -0.2) is 47.3 Å². The number of hydrogen-bond acceptors (Lipinski definition) is 5. The summed E-state index contributed by atoms with van der Waals surface area (Å²) in [5.74, 6) is 1.46. The highest BCUT2D eigenvalue weighted by Crippen LogP contribution is 2.26. The zero-order valence-corrected chi connectivity index (χ0v) is 16.3. The van der Waals surface area contributed by atoms with E-state index in [9.17, 15) is 4.79 Å². The molecule has 1 N–H and O–H groups in total. The van der Waals surface area contributed by atoms with Crippen LogP contribution >= 0.6 is 23.2 Å². The van der Waals surface area contributed by atoms with Crippen LogP contribution in [0.3, 0.4) is 0 Å². The third kappa shape index (κ3) is 4.05. The lowest BCUT2D eigenvalue weighted by Crippen LogP contribution is -2.50. The van der Waals surface area contributed by atoms with Gasteiger partial charge in [-0.2, -0.15) is 0 Å². The second kappa shape index (κ2) is 8.08. The van der Waals surface area contributed by atoms with Gasteiger partial charge in [-0.15, -0.1) is 10.2 Å². The molecule has 144 valence electrons. The lowest BCUT2D eigenvalue weighted by atomic mass is 10.3. The normalized spacial score (nSPS) is 14.2. The number of urea groups is 1. The maximum Gasteiger partial charge on any atom is 0.322 e. The maximum absolute atomic E-state index is 12.5. The number of nitrogens with one attached hydrogen (secondary N) is 1. The van der Waals surface area contributed by atoms with Gasteiger partial charge in [0.15, 0.2) is 11.6 Å². The first-order chi connectivity index (χ1) is 13.6. The number of hydrogen-bond donors (Lipinski definition) is 1. The van der Waals surface area contributed by atoms with E-state index in [0.717, 1.165) is 5.82 Å². The molecule has 0 aliphatic carbocycles. The minimum absolute atomic E-state index is 0.192. The average Bonchev–Trinajstić information content (AvgIpc) is 3.25. The fourth-order valence-corrected chi connectivity index (χ4v) is 3.43. The first-order valence-corrected chi connectivity index (χ1v) is 9.49. The van der Waals surface area contributed by atoms with Gasteiger partial charge >= 0.3 is 6.03 Å². The van der Waals surface area contributed by atoms with Gasteiger partial charge in [0.2, 0.25) is 0 Å². The largest absolute Gasteiger partial charge is 0.463 e. The number of piperazine rings is 1. The molecule has 0 spiro atoms.